The van der Waals surface area contributed by atoms with Crippen molar-refractivity contribution in [3.05, 3.63) is 29.5 Å². The number of fused-ring (bicyclic) bond motifs is 3. The number of primary amides is 1. The SMILES string of the molecule is CCCOCCC.NC(=O)N1CCc2c1ccc1[nH]c(C(=O)NC(=O)[O-])cc21. The number of hydrogen-bond acceptors (Lipinski definition) is 5. The van der Waals surface area contributed by atoms with E-state index >= 15 is 0 Å². The molecular formula is C19H25N4O5-. The standard InChI is InChI=1S/C13H12N4O4.C6H14O/c14-12(19)17-4-3-6-7-5-9(11(18)16-13(20)21)15-8(7)1-2-10(6)17;1-3-5-7-6-4-2/h1-2,5,15H,3-4H2,(H2,14,19)(H,16,18)(H,20,21);3-6H2,1-2H3/p-1. The number of amides is 4. The summed E-state index contributed by atoms with van der Waals surface area (Å²) in [4.78, 5) is 37.7. The van der Waals surface area contributed by atoms with Crippen LogP contribution in [-0.4, -0.2) is 42.8 Å². The Labute approximate surface area is 162 Å². The molecule has 9 nitrogen and oxygen atoms in total. The van der Waals surface area contributed by atoms with Gasteiger partial charge in [-0.1, -0.05) is 13.8 Å². The molecule has 4 N–H and O–H groups in total. The Hall–Kier alpha value is -3.07. The number of hydrogen-bond donors (Lipinski definition) is 3. The van der Waals surface area contributed by atoms with Crippen molar-refractivity contribution in [2.24, 2.45) is 5.73 Å². The van der Waals surface area contributed by atoms with Crippen molar-refractivity contribution >= 4 is 34.6 Å². The Morgan fingerprint density at radius 1 is 1.25 bits per heavy atom. The molecule has 3 rings (SSSR count). The summed E-state index contributed by atoms with van der Waals surface area (Å²) < 4.78 is 5.13. The van der Waals surface area contributed by atoms with Gasteiger partial charge in [-0.15, -0.1) is 0 Å². The van der Waals surface area contributed by atoms with Crippen LogP contribution in [0.4, 0.5) is 15.3 Å². The van der Waals surface area contributed by atoms with Gasteiger partial charge in [0, 0.05) is 36.3 Å². The number of H-pyrrole nitrogens is 1. The number of benzene rings is 1. The van der Waals surface area contributed by atoms with Gasteiger partial charge in [0.15, 0.2) is 0 Å². The molecule has 0 atom stereocenters. The monoisotopic (exact) mass is 389 g/mol. The van der Waals surface area contributed by atoms with Gasteiger partial charge in [-0.25, -0.2) is 4.79 Å². The van der Waals surface area contributed by atoms with Crippen molar-refractivity contribution < 1.29 is 24.2 Å². The molecule has 0 saturated carbocycles. The molecule has 0 spiro atoms. The van der Waals surface area contributed by atoms with Gasteiger partial charge in [-0.05, 0) is 43.0 Å². The van der Waals surface area contributed by atoms with Gasteiger partial charge in [-0.2, -0.15) is 0 Å². The number of nitrogens with two attached hydrogens (primary N) is 1. The number of ether oxygens (including phenoxy) is 1. The largest absolute Gasteiger partial charge is 0.530 e. The highest BCUT2D eigenvalue weighted by atomic mass is 16.5. The lowest BCUT2D eigenvalue weighted by Gasteiger charge is -2.13. The summed E-state index contributed by atoms with van der Waals surface area (Å²) in [5.41, 5.74) is 7.71. The number of aromatic nitrogens is 1. The highest BCUT2D eigenvalue weighted by molar-refractivity contribution is 6.06. The van der Waals surface area contributed by atoms with Crippen LogP contribution in [0, 0.1) is 0 Å². The molecule has 1 aromatic heterocycles. The first-order valence-corrected chi connectivity index (χ1v) is 9.20. The average molecular weight is 389 g/mol. The quantitative estimate of drug-likeness (QED) is 0.665. The molecule has 0 unspecified atom stereocenters. The van der Waals surface area contributed by atoms with Crippen LogP contribution in [0.5, 0.6) is 0 Å². The molecule has 2 aromatic rings. The van der Waals surface area contributed by atoms with Crippen molar-refractivity contribution in [1.82, 2.24) is 10.3 Å². The first-order chi connectivity index (χ1) is 13.4. The second kappa shape index (κ2) is 9.75. The highest BCUT2D eigenvalue weighted by Gasteiger charge is 2.25. The average Bonchev–Trinajstić information content (AvgIpc) is 3.26. The summed E-state index contributed by atoms with van der Waals surface area (Å²) in [5.74, 6) is -0.787. The number of carbonyl (C=O) groups is 3. The third-order valence-corrected chi connectivity index (χ3v) is 4.19. The zero-order valence-electron chi connectivity index (χ0n) is 16.0. The Bertz CT molecular complexity index is 857. The topological polar surface area (TPSA) is 141 Å². The Morgan fingerprint density at radius 3 is 2.50 bits per heavy atom. The van der Waals surface area contributed by atoms with Crippen molar-refractivity contribution in [1.29, 1.82) is 0 Å². The lowest BCUT2D eigenvalue weighted by Crippen LogP contribution is -2.40. The molecule has 0 aliphatic carbocycles. The molecule has 152 valence electrons. The molecule has 0 fully saturated rings. The van der Waals surface area contributed by atoms with Gasteiger partial charge in [-0.3, -0.25) is 9.69 Å². The molecule has 1 aliphatic heterocycles. The fourth-order valence-electron chi connectivity index (χ4n) is 3.01. The smallest absolute Gasteiger partial charge is 0.319 e. The minimum Gasteiger partial charge on any atom is -0.530 e. The van der Waals surface area contributed by atoms with E-state index in [4.69, 9.17) is 10.5 Å². The third kappa shape index (κ3) is 5.01. The van der Waals surface area contributed by atoms with Crippen LogP contribution in [0.1, 0.15) is 42.7 Å². The zero-order chi connectivity index (χ0) is 20.7. The molecule has 0 radical (unpaired) electrons. The Balaban J connectivity index is 0.000000345. The number of nitrogens with one attached hydrogen (secondary N) is 2. The Kier molecular flexibility index (Phi) is 7.39. The molecule has 0 saturated heterocycles. The molecule has 9 heteroatoms. The van der Waals surface area contributed by atoms with Crippen molar-refractivity contribution in [2.45, 2.75) is 33.1 Å². The summed E-state index contributed by atoms with van der Waals surface area (Å²) in [6.45, 7) is 6.57. The summed E-state index contributed by atoms with van der Waals surface area (Å²) in [6.07, 6.45) is 1.23. The second-order valence-corrected chi connectivity index (χ2v) is 6.30. The van der Waals surface area contributed by atoms with Crippen LogP contribution in [0.15, 0.2) is 18.2 Å². The predicted molar refractivity (Wildman–Crippen MR) is 103 cm³/mol. The lowest BCUT2D eigenvalue weighted by atomic mass is 10.1. The minimum absolute atomic E-state index is 0.111. The minimum atomic E-state index is -1.66. The second-order valence-electron chi connectivity index (χ2n) is 6.30. The molecule has 4 amide bonds. The van der Waals surface area contributed by atoms with E-state index < -0.39 is 18.0 Å². The number of carbonyl (C=O) groups excluding carboxylic acids is 3. The molecule has 28 heavy (non-hydrogen) atoms. The number of aromatic amines is 1. The fourth-order valence-corrected chi connectivity index (χ4v) is 3.01. The van der Waals surface area contributed by atoms with E-state index in [-0.39, 0.29) is 5.69 Å². The first kappa shape index (κ1) is 21.2. The van der Waals surface area contributed by atoms with E-state index in [0.717, 1.165) is 37.0 Å². The van der Waals surface area contributed by atoms with Crippen molar-refractivity contribution in [2.75, 3.05) is 24.7 Å². The summed E-state index contributed by atoms with van der Waals surface area (Å²) in [5, 5.41) is 12.8. The summed E-state index contributed by atoms with van der Waals surface area (Å²) in [7, 11) is 0. The van der Waals surface area contributed by atoms with E-state index in [9.17, 15) is 19.5 Å². The summed E-state index contributed by atoms with van der Waals surface area (Å²) >= 11 is 0. The zero-order valence-corrected chi connectivity index (χ0v) is 16.0. The van der Waals surface area contributed by atoms with Crippen LogP contribution in [0.25, 0.3) is 10.9 Å². The van der Waals surface area contributed by atoms with E-state index in [0.29, 0.717) is 24.2 Å². The maximum atomic E-state index is 11.6. The lowest BCUT2D eigenvalue weighted by molar-refractivity contribution is -0.249. The predicted octanol–water partition coefficient (Wildman–Crippen LogP) is 1.51. The molecule has 0 bridgehead atoms. The van der Waals surface area contributed by atoms with Crippen LogP contribution in [0.3, 0.4) is 0 Å². The van der Waals surface area contributed by atoms with Gasteiger partial charge in [0.05, 0.1) is 0 Å². The highest BCUT2D eigenvalue weighted by Crippen LogP contribution is 2.34. The third-order valence-electron chi connectivity index (χ3n) is 4.19. The Morgan fingerprint density at radius 2 is 1.93 bits per heavy atom. The molecule has 1 aliphatic rings. The molecule has 1 aromatic carbocycles. The van der Waals surface area contributed by atoms with Crippen molar-refractivity contribution in [3.63, 3.8) is 0 Å². The maximum absolute atomic E-state index is 11.6. The number of urea groups is 1. The number of imide groups is 1. The normalized spacial score (nSPS) is 12.3. The van der Waals surface area contributed by atoms with Crippen LogP contribution in [0.2, 0.25) is 0 Å². The number of nitrogens with zero attached hydrogens (tertiary/aromatic N) is 1. The van der Waals surface area contributed by atoms with Gasteiger partial charge in [0.1, 0.15) is 11.8 Å². The number of anilines is 1. The van der Waals surface area contributed by atoms with Crippen LogP contribution < -0.4 is 21.1 Å². The van der Waals surface area contributed by atoms with E-state index in [2.05, 4.69) is 18.8 Å². The molecular weight excluding hydrogens is 364 g/mol. The number of rotatable bonds is 5. The van der Waals surface area contributed by atoms with E-state index in [1.54, 1.807) is 23.5 Å². The first-order valence-electron chi connectivity index (χ1n) is 9.20. The summed E-state index contributed by atoms with van der Waals surface area (Å²) in [6, 6.07) is 4.48. The van der Waals surface area contributed by atoms with Gasteiger partial charge in [0.25, 0.3) is 5.91 Å². The van der Waals surface area contributed by atoms with Gasteiger partial charge >= 0.3 is 6.03 Å². The fraction of sp³-hybridized carbons (Fsp3) is 0.421. The van der Waals surface area contributed by atoms with Crippen LogP contribution >= 0.6 is 0 Å². The number of carboxylic acid groups (broad SMARTS) is 1. The van der Waals surface area contributed by atoms with E-state index in [1.807, 2.05) is 0 Å². The maximum Gasteiger partial charge on any atom is 0.319 e. The van der Waals surface area contributed by atoms with Gasteiger partial charge in [0.2, 0.25) is 0 Å². The van der Waals surface area contributed by atoms with E-state index in [1.165, 1.54) is 4.90 Å². The molecule has 2 heterocycles. The van der Waals surface area contributed by atoms with Gasteiger partial charge < -0.3 is 30.7 Å². The van der Waals surface area contributed by atoms with Crippen LogP contribution in [-0.2, 0) is 11.2 Å². The van der Waals surface area contributed by atoms with Crippen molar-refractivity contribution in [3.8, 4) is 0 Å².